The molecule has 1 N–H and O–H groups in total. The summed E-state index contributed by atoms with van der Waals surface area (Å²) in [4.78, 5) is 47.8. The number of rotatable bonds is 8. The van der Waals surface area contributed by atoms with Gasteiger partial charge in [-0.15, -0.1) is 0 Å². The van der Waals surface area contributed by atoms with Crippen LogP contribution in [0.5, 0.6) is 0 Å². The van der Waals surface area contributed by atoms with Gasteiger partial charge in [0.05, 0.1) is 30.0 Å². The molecule has 2 aromatic heterocycles. The Morgan fingerprint density at radius 1 is 1.10 bits per heavy atom. The minimum absolute atomic E-state index is 0.115. The summed E-state index contributed by atoms with van der Waals surface area (Å²) >= 11 is 0. The molecule has 39 heavy (non-hydrogen) atoms. The molecular weight excluding hydrogens is 516 g/mol. The third kappa shape index (κ3) is 5.44. The van der Waals surface area contributed by atoms with E-state index in [4.69, 9.17) is 0 Å². The number of hydrogen-bond donors (Lipinski definition) is 1. The van der Waals surface area contributed by atoms with E-state index in [2.05, 4.69) is 23.8 Å². The van der Waals surface area contributed by atoms with E-state index in [1.165, 1.54) is 16.6 Å². The van der Waals surface area contributed by atoms with E-state index in [0.717, 1.165) is 16.8 Å². The number of ketones is 1. The molecule has 3 aromatic rings. The Bertz CT molecular complexity index is 1540. The number of likely N-dealkylation sites (tertiary alicyclic amines) is 1. The SMILES string of the molecule is CC(C)CC(C(=O)N1CCC2C1C(=O)CN2S(=O)(=O)Cc1ccc[nH]c1=O)c1cccc(-c2ccccn2)c1. The van der Waals surface area contributed by atoms with Gasteiger partial charge in [0.15, 0.2) is 5.78 Å². The number of pyridine rings is 2. The van der Waals surface area contributed by atoms with E-state index in [1.54, 1.807) is 17.2 Å². The zero-order valence-corrected chi connectivity index (χ0v) is 22.8. The van der Waals surface area contributed by atoms with Gasteiger partial charge in [-0.2, -0.15) is 4.31 Å². The standard InChI is InChI=1S/C29H32N4O5S/c1-19(2)15-23(20-7-5-8-21(16-20)24-10-3-4-12-30-24)29(36)32-14-11-25-27(32)26(34)17-33(25)39(37,38)18-22-9-6-13-31-28(22)35/h3-10,12-13,16,19,23,25,27H,11,14-15,17-18H2,1-2H3,(H,31,35). The molecule has 0 bridgehead atoms. The minimum atomic E-state index is -3.95. The topological polar surface area (TPSA) is 121 Å². The number of sulfonamides is 1. The molecule has 0 spiro atoms. The van der Waals surface area contributed by atoms with Gasteiger partial charge in [0.2, 0.25) is 15.9 Å². The van der Waals surface area contributed by atoms with Crippen molar-refractivity contribution in [1.82, 2.24) is 19.2 Å². The van der Waals surface area contributed by atoms with E-state index in [9.17, 15) is 22.8 Å². The first-order chi connectivity index (χ1) is 18.7. The number of aromatic nitrogens is 2. The highest BCUT2D eigenvalue weighted by atomic mass is 32.2. The smallest absolute Gasteiger partial charge is 0.252 e. The molecule has 2 aliphatic heterocycles. The Morgan fingerprint density at radius 2 is 1.92 bits per heavy atom. The molecule has 1 amide bonds. The van der Waals surface area contributed by atoms with E-state index in [-0.39, 0.29) is 29.7 Å². The maximum absolute atomic E-state index is 14.1. The molecule has 0 saturated carbocycles. The number of aromatic amines is 1. The molecule has 0 aliphatic carbocycles. The van der Waals surface area contributed by atoms with Crippen molar-refractivity contribution in [2.75, 3.05) is 13.1 Å². The summed E-state index contributed by atoms with van der Waals surface area (Å²) in [6.45, 7) is 4.11. The number of nitrogens with zero attached hydrogens (tertiary/aromatic N) is 3. The summed E-state index contributed by atoms with van der Waals surface area (Å²) in [6.07, 6.45) is 4.12. The van der Waals surface area contributed by atoms with Gasteiger partial charge in [0, 0.05) is 30.1 Å². The molecular formula is C29H32N4O5S. The van der Waals surface area contributed by atoms with Crippen LogP contribution in [-0.2, 0) is 25.4 Å². The minimum Gasteiger partial charge on any atom is -0.330 e. The van der Waals surface area contributed by atoms with E-state index in [0.29, 0.717) is 19.4 Å². The molecule has 1 aromatic carbocycles. The molecule has 4 heterocycles. The van der Waals surface area contributed by atoms with Crippen LogP contribution in [0.15, 0.2) is 71.8 Å². The molecule has 204 valence electrons. The van der Waals surface area contributed by atoms with Gasteiger partial charge in [-0.25, -0.2) is 8.42 Å². The fraction of sp³-hybridized carbons (Fsp3) is 0.379. The lowest BCUT2D eigenvalue weighted by Gasteiger charge is -2.29. The van der Waals surface area contributed by atoms with Crippen LogP contribution in [0.25, 0.3) is 11.3 Å². The molecule has 3 atom stereocenters. The lowest BCUT2D eigenvalue weighted by Crippen LogP contribution is -2.45. The van der Waals surface area contributed by atoms with Crippen LogP contribution in [-0.4, -0.2) is 64.5 Å². The first kappa shape index (κ1) is 27.0. The predicted octanol–water partition coefficient (Wildman–Crippen LogP) is 2.95. The van der Waals surface area contributed by atoms with E-state index < -0.39 is 39.3 Å². The summed E-state index contributed by atoms with van der Waals surface area (Å²) in [5.74, 6) is -1.21. The van der Waals surface area contributed by atoms with Crippen LogP contribution in [0.3, 0.4) is 0 Å². The van der Waals surface area contributed by atoms with Gasteiger partial charge in [0.25, 0.3) is 5.56 Å². The molecule has 5 rings (SSSR count). The molecule has 9 nitrogen and oxygen atoms in total. The molecule has 2 aliphatic rings. The van der Waals surface area contributed by atoms with Crippen molar-refractivity contribution < 1.29 is 18.0 Å². The number of Topliss-reactive ketones (excluding diaryl/α,β-unsaturated/α-hetero) is 1. The quantitative estimate of drug-likeness (QED) is 0.462. The van der Waals surface area contributed by atoms with Crippen molar-refractivity contribution >= 4 is 21.7 Å². The van der Waals surface area contributed by atoms with Gasteiger partial charge >= 0.3 is 0 Å². The monoisotopic (exact) mass is 548 g/mol. The normalized spacial score (nSPS) is 20.4. The maximum Gasteiger partial charge on any atom is 0.252 e. The second-order valence-electron chi connectivity index (χ2n) is 10.6. The van der Waals surface area contributed by atoms with E-state index >= 15 is 0 Å². The predicted molar refractivity (Wildman–Crippen MR) is 147 cm³/mol. The molecule has 2 saturated heterocycles. The highest BCUT2D eigenvalue weighted by Crippen LogP contribution is 2.36. The summed E-state index contributed by atoms with van der Waals surface area (Å²) in [7, 11) is -3.95. The Kier molecular flexibility index (Phi) is 7.51. The first-order valence-corrected chi connectivity index (χ1v) is 14.8. The average Bonchev–Trinajstić information content (AvgIpc) is 3.50. The first-order valence-electron chi connectivity index (χ1n) is 13.2. The van der Waals surface area contributed by atoms with Gasteiger partial charge in [0.1, 0.15) is 6.04 Å². The maximum atomic E-state index is 14.1. The van der Waals surface area contributed by atoms with Crippen LogP contribution < -0.4 is 5.56 Å². The molecule has 0 radical (unpaired) electrons. The zero-order chi connectivity index (χ0) is 27.7. The summed E-state index contributed by atoms with van der Waals surface area (Å²) < 4.78 is 27.8. The second-order valence-corrected chi connectivity index (χ2v) is 12.6. The third-order valence-electron chi connectivity index (χ3n) is 7.51. The van der Waals surface area contributed by atoms with Crippen molar-refractivity contribution in [2.45, 2.75) is 50.4 Å². The average molecular weight is 549 g/mol. The Labute approximate surface area is 227 Å². The highest BCUT2D eigenvalue weighted by molar-refractivity contribution is 7.88. The van der Waals surface area contributed by atoms with Crippen molar-refractivity contribution in [3.05, 3.63) is 88.5 Å². The highest BCUT2D eigenvalue weighted by Gasteiger charge is 2.54. The van der Waals surface area contributed by atoms with Crippen LogP contribution in [0.4, 0.5) is 0 Å². The number of H-pyrrole nitrogens is 1. The van der Waals surface area contributed by atoms with Crippen molar-refractivity contribution in [1.29, 1.82) is 0 Å². The van der Waals surface area contributed by atoms with Gasteiger partial charge < -0.3 is 9.88 Å². The second kappa shape index (κ2) is 10.9. The summed E-state index contributed by atoms with van der Waals surface area (Å²) in [5.41, 5.74) is 2.19. The molecule has 3 unspecified atom stereocenters. The fourth-order valence-electron chi connectivity index (χ4n) is 5.73. The molecule has 10 heteroatoms. The molecule has 2 fully saturated rings. The number of fused-ring (bicyclic) bond motifs is 1. The van der Waals surface area contributed by atoms with Crippen LogP contribution >= 0.6 is 0 Å². The van der Waals surface area contributed by atoms with Crippen molar-refractivity contribution in [2.24, 2.45) is 5.92 Å². The lowest BCUT2D eigenvalue weighted by molar-refractivity contribution is -0.138. The lowest BCUT2D eigenvalue weighted by atomic mass is 9.87. The third-order valence-corrected chi connectivity index (χ3v) is 9.30. The van der Waals surface area contributed by atoms with Gasteiger partial charge in [-0.3, -0.25) is 19.4 Å². The van der Waals surface area contributed by atoms with Gasteiger partial charge in [-0.1, -0.05) is 44.2 Å². The van der Waals surface area contributed by atoms with E-state index in [1.807, 2.05) is 42.5 Å². The number of amides is 1. The number of benzene rings is 1. The fourth-order valence-corrected chi connectivity index (χ4v) is 7.47. The van der Waals surface area contributed by atoms with Gasteiger partial charge in [-0.05, 0) is 48.6 Å². The van der Waals surface area contributed by atoms with Crippen molar-refractivity contribution in [3.8, 4) is 11.3 Å². The Balaban J connectivity index is 1.41. The Morgan fingerprint density at radius 3 is 2.64 bits per heavy atom. The van der Waals surface area contributed by atoms with Crippen LogP contribution in [0.1, 0.15) is 43.7 Å². The number of nitrogens with one attached hydrogen (secondary N) is 1. The van der Waals surface area contributed by atoms with Crippen LogP contribution in [0.2, 0.25) is 0 Å². The Hall–Kier alpha value is -3.63. The number of carbonyl (C=O) groups is 2. The largest absolute Gasteiger partial charge is 0.330 e. The zero-order valence-electron chi connectivity index (χ0n) is 22.0. The van der Waals surface area contributed by atoms with Crippen LogP contribution in [0, 0.1) is 5.92 Å². The number of hydrogen-bond acceptors (Lipinski definition) is 6. The number of carbonyl (C=O) groups excluding carboxylic acids is 2. The summed E-state index contributed by atoms with van der Waals surface area (Å²) in [6, 6.07) is 15.0. The summed E-state index contributed by atoms with van der Waals surface area (Å²) in [5, 5.41) is 0. The van der Waals surface area contributed by atoms with Crippen molar-refractivity contribution in [3.63, 3.8) is 0 Å².